The summed E-state index contributed by atoms with van der Waals surface area (Å²) in [6.07, 6.45) is 5.01. The highest BCUT2D eigenvalue weighted by Gasteiger charge is 2.63. The molecule has 0 amide bonds. The fraction of sp³-hybridized carbons (Fsp3) is 0.424. The van der Waals surface area contributed by atoms with Crippen molar-refractivity contribution >= 4 is 52.0 Å². The van der Waals surface area contributed by atoms with Gasteiger partial charge in [0.1, 0.15) is 11.4 Å². The first-order valence-electron chi connectivity index (χ1n) is 13.6. The Bertz CT molecular complexity index is 1430. The maximum Gasteiger partial charge on any atom is 0.156 e. The number of fused-ring (bicyclic) bond motifs is 4. The van der Waals surface area contributed by atoms with Crippen molar-refractivity contribution in [3.63, 3.8) is 0 Å². The van der Waals surface area contributed by atoms with Crippen LogP contribution in [0.5, 0.6) is 0 Å². The minimum absolute atomic E-state index is 0. The fourth-order valence-corrected chi connectivity index (χ4v) is 7.27. The predicted octanol–water partition coefficient (Wildman–Crippen LogP) is 5.90. The van der Waals surface area contributed by atoms with Gasteiger partial charge in [-0.15, -0.1) is 0 Å². The van der Waals surface area contributed by atoms with E-state index in [9.17, 15) is 14.3 Å². The minimum atomic E-state index is -1.22. The predicted molar refractivity (Wildman–Crippen MR) is 177 cm³/mol. The molecular formula is C33H40FNO3S3. The molecule has 0 aromatic heterocycles. The topological polar surface area (TPSA) is 49.8 Å². The van der Waals surface area contributed by atoms with E-state index < -0.39 is 11.0 Å². The Hall–Kier alpha value is -2.15. The summed E-state index contributed by atoms with van der Waals surface area (Å²) >= 11 is 0. The molecule has 2 aromatic carbocycles. The largest absolute Gasteiger partial charge is 0.378 e. The van der Waals surface area contributed by atoms with E-state index in [1.807, 2.05) is 14.1 Å². The fourth-order valence-electron chi connectivity index (χ4n) is 7.27. The lowest BCUT2D eigenvalue weighted by atomic mass is 9.55. The van der Waals surface area contributed by atoms with Crippen molar-refractivity contribution in [2.75, 3.05) is 25.6 Å². The monoisotopic (exact) mass is 613 g/mol. The van der Waals surface area contributed by atoms with Gasteiger partial charge in [-0.2, -0.15) is 40.5 Å². The van der Waals surface area contributed by atoms with Crippen LogP contribution in [0.4, 0.5) is 10.1 Å². The lowest BCUT2D eigenvalue weighted by Crippen LogP contribution is -2.53. The zero-order chi connectivity index (χ0) is 26.7. The van der Waals surface area contributed by atoms with Crippen molar-refractivity contribution in [1.29, 1.82) is 0 Å². The minimum Gasteiger partial charge on any atom is -0.378 e. The summed E-state index contributed by atoms with van der Waals surface area (Å²) in [6.45, 7) is 2.59. The van der Waals surface area contributed by atoms with E-state index in [2.05, 4.69) is 47.9 Å². The van der Waals surface area contributed by atoms with Gasteiger partial charge >= 0.3 is 0 Å². The van der Waals surface area contributed by atoms with E-state index in [0.29, 0.717) is 25.0 Å². The van der Waals surface area contributed by atoms with Crippen LogP contribution in [0.15, 0.2) is 71.3 Å². The van der Waals surface area contributed by atoms with Crippen molar-refractivity contribution in [1.82, 2.24) is 0 Å². The Morgan fingerprint density at radius 1 is 1.07 bits per heavy atom. The highest BCUT2D eigenvalue weighted by molar-refractivity contribution is 7.59. The SMILES string of the molecule is CN(C)c1ccc([C@H]2C[C@@]3(C)[C@@H](CC[C@@]3(O)C#Cc3cccc(F)c3)[C@@H]3OCC4=CC(=O)CCC4=C32)cc1.S.S.S. The summed E-state index contributed by atoms with van der Waals surface area (Å²) in [5.74, 6) is 6.26. The number of nitrogens with zero attached hydrogens (tertiary/aromatic N) is 1. The molecule has 1 N–H and O–H groups in total. The molecule has 0 spiro atoms. The first-order chi connectivity index (χ1) is 18.2. The molecule has 1 heterocycles. The Kier molecular flexibility index (Phi) is 10.3. The van der Waals surface area contributed by atoms with Crippen LogP contribution in [0, 0.1) is 29.0 Å². The molecule has 2 aromatic rings. The molecule has 41 heavy (non-hydrogen) atoms. The number of rotatable bonds is 2. The lowest BCUT2D eigenvalue weighted by molar-refractivity contribution is -0.115. The van der Waals surface area contributed by atoms with Gasteiger partial charge in [-0.25, -0.2) is 4.39 Å². The Balaban J connectivity index is 0.00000154. The Labute approximate surface area is 263 Å². The van der Waals surface area contributed by atoms with Crippen LogP contribution in [0.3, 0.4) is 0 Å². The number of anilines is 1. The van der Waals surface area contributed by atoms with Crippen LogP contribution in [-0.2, 0) is 9.53 Å². The van der Waals surface area contributed by atoms with Gasteiger partial charge in [0.05, 0.1) is 12.7 Å². The van der Waals surface area contributed by atoms with E-state index in [4.69, 9.17) is 4.74 Å². The maximum atomic E-state index is 13.8. The number of ether oxygens (including phenoxy) is 1. The molecule has 5 atom stereocenters. The molecule has 1 aliphatic heterocycles. The second-order valence-corrected chi connectivity index (χ2v) is 11.7. The van der Waals surface area contributed by atoms with Crippen LogP contribution >= 0.6 is 40.5 Å². The van der Waals surface area contributed by atoms with Gasteiger partial charge in [0.2, 0.25) is 0 Å². The third-order valence-electron chi connectivity index (χ3n) is 9.42. The number of hydrogen-bond acceptors (Lipinski definition) is 4. The molecule has 220 valence electrons. The van der Waals surface area contributed by atoms with E-state index in [-0.39, 0.29) is 70.0 Å². The summed E-state index contributed by atoms with van der Waals surface area (Å²) < 4.78 is 20.4. The Morgan fingerprint density at radius 2 is 1.80 bits per heavy atom. The van der Waals surface area contributed by atoms with Crippen LogP contribution < -0.4 is 4.90 Å². The number of carbonyl (C=O) groups is 1. The second-order valence-electron chi connectivity index (χ2n) is 11.7. The normalized spacial score (nSPS) is 29.6. The van der Waals surface area contributed by atoms with E-state index >= 15 is 0 Å². The first-order valence-corrected chi connectivity index (χ1v) is 13.6. The summed E-state index contributed by atoms with van der Waals surface area (Å²) in [7, 11) is 4.06. The van der Waals surface area contributed by atoms with Gasteiger partial charge in [0.15, 0.2) is 5.78 Å². The maximum absolute atomic E-state index is 13.8. The third kappa shape index (κ3) is 5.77. The molecule has 6 rings (SSSR count). The van der Waals surface area contributed by atoms with Crippen molar-refractivity contribution in [2.45, 2.75) is 56.7 Å². The summed E-state index contributed by atoms with van der Waals surface area (Å²) in [6, 6.07) is 14.9. The van der Waals surface area contributed by atoms with E-state index in [0.717, 1.165) is 30.5 Å². The summed E-state index contributed by atoms with van der Waals surface area (Å²) in [5.41, 5.74) is 4.74. The standard InChI is InChI=1S/C33H34FNO3.3H2S/c1-32-19-28(22-7-9-25(10-8-22)35(2)3)30-27-12-11-26(36)18-23(27)20-38-31(30)29(32)14-16-33(32,37)15-13-21-5-4-6-24(34)17-21;;;/h4-10,17-18,28-29,31,37H,11-12,14,16,19-20H2,1-3H3;3*1H2/t28-,29+,31+,32+,33+;;;/m1.../s1. The van der Waals surface area contributed by atoms with Crippen LogP contribution in [0.1, 0.15) is 56.1 Å². The van der Waals surface area contributed by atoms with Gasteiger partial charge in [-0.1, -0.05) is 37.0 Å². The average molecular weight is 614 g/mol. The van der Waals surface area contributed by atoms with Crippen molar-refractivity contribution < 1.29 is 19.0 Å². The quantitative estimate of drug-likeness (QED) is 0.429. The lowest BCUT2D eigenvalue weighted by Gasteiger charge is -2.53. The number of carbonyl (C=O) groups excluding carboxylic acids is 1. The molecule has 4 nitrogen and oxygen atoms in total. The zero-order valence-electron chi connectivity index (χ0n) is 23.8. The highest BCUT2D eigenvalue weighted by Crippen LogP contribution is 2.64. The number of halogens is 1. The molecule has 0 bridgehead atoms. The van der Waals surface area contributed by atoms with Gasteiger partial charge in [0.25, 0.3) is 0 Å². The van der Waals surface area contributed by atoms with Gasteiger partial charge < -0.3 is 14.7 Å². The molecule has 0 unspecified atom stereocenters. The van der Waals surface area contributed by atoms with Crippen molar-refractivity contribution in [3.8, 4) is 11.8 Å². The molecule has 3 aliphatic carbocycles. The van der Waals surface area contributed by atoms with E-state index in [1.165, 1.54) is 28.8 Å². The molecule has 8 heteroatoms. The number of hydrogen-bond donors (Lipinski definition) is 1. The smallest absolute Gasteiger partial charge is 0.156 e. The molecule has 4 aliphatic rings. The molecular weight excluding hydrogens is 574 g/mol. The second kappa shape index (κ2) is 12.6. The summed E-state index contributed by atoms with van der Waals surface area (Å²) in [4.78, 5) is 14.3. The Morgan fingerprint density at radius 3 is 2.49 bits per heavy atom. The zero-order valence-corrected chi connectivity index (χ0v) is 26.8. The first kappa shape index (κ1) is 33.4. The summed E-state index contributed by atoms with van der Waals surface area (Å²) in [5, 5.41) is 12.1. The average Bonchev–Trinajstić information content (AvgIpc) is 3.17. The van der Waals surface area contributed by atoms with Crippen LogP contribution in [0.25, 0.3) is 0 Å². The van der Waals surface area contributed by atoms with Gasteiger partial charge in [-0.05, 0) is 90.3 Å². The number of allylic oxidation sites excluding steroid dienone is 1. The number of aliphatic hydroxyl groups is 1. The van der Waals surface area contributed by atoms with Gasteiger partial charge in [0, 0.05) is 43.1 Å². The molecule has 0 saturated heterocycles. The van der Waals surface area contributed by atoms with Crippen LogP contribution in [0.2, 0.25) is 0 Å². The third-order valence-corrected chi connectivity index (χ3v) is 9.42. The molecule has 0 radical (unpaired) electrons. The number of benzene rings is 2. The van der Waals surface area contributed by atoms with Crippen LogP contribution in [-0.4, -0.2) is 43.3 Å². The van der Waals surface area contributed by atoms with Gasteiger partial charge in [-0.3, -0.25) is 4.79 Å². The molecule has 2 saturated carbocycles. The van der Waals surface area contributed by atoms with Crippen molar-refractivity contribution in [3.05, 3.63) is 88.3 Å². The highest BCUT2D eigenvalue weighted by atomic mass is 32.1. The number of ketones is 1. The van der Waals surface area contributed by atoms with E-state index in [1.54, 1.807) is 18.2 Å². The molecule has 2 fully saturated rings. The van der Waals surface area contributed by atoms with Crippen molar-refractivity contribution in [2.24, 2.45) is 11.3 Å².